The lowest BCUT2D eigenvalue weighted by Gasteiger charge is -2.41. The second kappa shape index (κ2) is 17.1. The van der Waals surface area contributed by atoms with Crippen LogP contribution in [0.2, 0.25) is 0 Å². The van der Waals surface area contributed by atoms with Gasteiger partial charge in [-0.1, -0.05) is 175 Å². The van der Waals surface area contributed by atoms with Gasteiger partial charge in [-0.15, -0.1) is 0 Å². The third-order valence-corrected chi connectivity index (χ3v) is 18.6. The summed E-state index contributed by atoms with van der Waals surface area (Å²) < 4.78 is 6.95. The third-order valence-electron chi connectivity index (χ3n) is 18.6. The van der Waals surface area contributed by atoms with E-state index < -0.39 is 0 Å². The Morgan fingerprint density at radius 1 is 0.365 bits per heavy atom. The van der Waals surface area contributed by atoms with Crippen molar-refractivity contribution in [1.29, 1.82) is 0 Å². The number of aromatic nitrogens is 8. The molecule has 10 aromatic carbocycles. The van der Waals surface area contributed by atoms with Gasteiger partial charge in [-0.25, -0.2) is 0 Å². The van der Waals surface area contributed by atoms with E-state index in [-0.39, 0.29) is 17.5 Å². The molecule has 0 radical (unpaired) electrons. The van der Waals surface area contributed by atoms with Gasteiger partial charge in [0.05, 0.1) is 27.6 Å². The van der Waals surface area contributed by atoms with Crippen LogP contribution in [-0.4, -0.2) is 45.3 Å². The van der Waals surface area contributed by atoms with Gasteiger partial charge < -0.3 is 9.47 Å². The van der Waals surface area contributed by atoms with Crippen molar-refractivity contribution in [3.63, 3.8) is 0 Å². The summed E-state index contributed by atoms with van der Waals surface area (Å²) in [6, 6.07) is 72.0. The Labute approximate surface area is 490 Å². The van der Waals surface area contributed by atoms with Crippen LogP contribution in [0.5, 0.6) is 0 Å². The van der Waals surface area contributed by atoms with Crippen LogP contribution in [-0.2, 0) is 10.8 Å². The van der Waals surface area contributed by atoms with Crippen LogP contribution in [0.3, 0.4) is 0 Å². The van der Waals surface area contributed by atoms with Gasteiger partial charge in [0.25, 0.3) is 6.71 Å². The smallest absolute Gasteiger partial charge is 0.252 e. The normalized spacial score (nSPS) is 13.2. The maximum atomic E-state index is 5.71. The number of hydrogen-bond donors (Lipinski definition) is 0. The zero-order valence-electron chi connectivity index (χ0n) is 47.9. The molecule has 0 amide bonds. The van der Waals surface area contributed by atoms with E-state index in [0.717, 1.165) is 77.4 Å². The summed E-state index contributed by atoms with van der Waals surface area (Å²) >= 11 is 0. The zero-order valence-corrected chi connectivity index (χ0v) is 47.9. The molecular formula is C75H54BN9. The number of anilines is 3. The Hall–Kier alpha value is -10.4. The molecule has 0 N–H and O–H groups in total. The molecule has 0 atom stereocenters. The van der Waals surface area contributed by atoms with Crippen LogP contribution in [0.25, 0.3) is 127 Å². The quantitative estimate of drug-likeness (QED) is 0.129. The van der Waals surface area contributed by atoms with Gasteiger partial charge in [0.2, 0.25) is 11.9 Å². The molecule has 2 aliphatic heterocycles. The van der Waals surface area contributed by atoms with E-state index in [1.54, 1.807) is 0 Å². The minimum atomic E-state index is -0.118. The fourth-order valence-corrected chi connectivity index (χ4v) is 14.7. The van der Waals surface area contributed by atoms with E-state index in [0.29, 0.717) is 17.7 Å². The SMILES string of the molecule is CC(C)(C)c1ccc(N2c3ccc(C(C)(C)C)cc3B3c4c2cc(-c2nc(-n5c6ccccc6c6cnccc65)nc(-n5c6ccccc6c6cnccc65)n2)cc4-n2c4ccc5c6ccccc6c6ccccc6c5c4c4cccc3c42)cc1. The van der Waals surface area contributed by atoms with Crippen molar-refractivity contribution < 1.29 is 0 Å². The summed E-state index contributed by atoms with van der Waals surface area (Å²) in [6.07, 6.45) is 7.60. The number of nitrogens with zero attached hydrogens (tertiary/aromatic N) is 9. The summed E-state index contributed by atoms with van der Waals surface area (Å²) in [6.45, 7) is 13.7. The lowest BCUT2D eigenvalue weighted by Crippen LogP contribution is -2.60. The highest BCUT2D eigenvalue weighted by Crippen LogP contribution is 2.48. The van der Waals surface area contributed by atoms with Gasteiger partial charge in [-0.2, -0.15) is 15.0 Å². The van der Waals surface area contributed by atoms with Crippen molar-refractivity contribution >= 4 is 138 Å². The van der Waals surface area contributed by atoms with Crippen LogP contribution in [0.15, 0.2) is 219 Å². The molecule has 8 heterocycles. The molecule has 0 aliphatic carbocycles. The summed E-state index contributed by atoms with van der Waals surface area (Å²) in [5, 5.41) is 14.2. The Bertz CT molecular complexity index is 5320. The lowest BCUT2D eigenvalue weighted by atomic mass is 9.33. The molecule has 85 heavy (non-hydrogen) atoms. The Balaban J connectivity index is 1.01. The number of pyridine rings is 2. The lowest BCUT2D eigenvalue weighted by molar-refractivity contribution is 0.590. The second-order valence-electron chi connectivity index (χ2n) is 25.3. The fourth-order valence-electron chi connectivity index (χ4n) is 14.7. The molecule has 2 aliphatic rings. The van der Waals surface area contributed by atoms with Gasteiger partial charge in [-0.3, -0.25) is 19.1 Å². The van der Waals surface area contributed by atoms with E-state index in [2.05, 4.69) is 264 Å². The predicted molar refractivity (Wildman–Crippen MR) is 353 cm³/mol. The van der Waals surface area contributed by atoms with Crippen LogP contribution in [0.1, 0.15) is 52.7 Å². The summed E-state index contributed by atoms with van der Waals surface area (Å²) in [5.41, 5.74) is 17.7. The highest BCUT2D eigenvalue weighted by atomic mass is 15.3. The van der Waals surface area contributed by atoms with Crippen molar-refractivity contribution in [1.82, 2.24) is 38.6 Å². The van der Waals surface area contributed by atoms with Gasteiger partial charge >= 0.3 is 0 Å². The van der Waals surface area contributed by atoms with Crippen molar-refractivity contribution in [3.05, 3.63) is 230 Å². The first kappa shape index (κ1) is 48.1. The van der Waals surface area contributed by atoms with E-state index in [1.807, 2.05) is 24.8 Å². The summed E-state index contributed by atoms with van der Waals surface area (Å²) in [4.78, 5) is 28.8. The maximum absolute atomic E-state index is 5.71. The molecule has 6 aromatic heterocycles. The highest BCUT2D eigenvalue weighted by Gasteiger charge is 2.43. The first-order chi connectivity index (χ1) is 41.5. The van der Waals surface area contributed by atoms with E-state index in [9.17, 15) is 0 Å². The Kier molecular flexibility index (Phi) is 9.67. The van der Waals surface area contributed by atoms with E-state index in [1.165, 1.54) is 76.1 Å². The van der Waals surface area contributed by atoms with E-state index in [4.69, 9.17) is 15.0 Å². The van der Waals surface area contributed by atoms with Gasteiger partial charge in [-0.05, 0) is 126 Å². The summed E-state index contributed by atoms with van der Waals surface area (Å²) in [7, 11) is 0. The Morgan fingerprint density at radius 2 is 0.894 bits per heavy atom. The number of para-hydroxylation sites is 3. The fraction of sp³-hybridized carbons (Fsp3) is 0.107. The van der Waals surface area contributed by atoms with Gasteiger partial charge in [0.15, 0.2) is 5.82 Å². The molecule has 16 aromatic rings. The Morgan fingerprint density at radius 3 is 1.52 bits per heavy atom. The molecule has 0 spiro atoms. The minimum Gasteiger partial charge on any atom is -0.311 e. The molecule has 0 saturated heterocycles. The van der Waals surface area contributed by atoms with Gasteiger partial charge in [0, 0.05) is 96.3 Å². The number of fused-ring (bicyclic) bond motifs is 20. The molecule has 0 saturated carbocycles. The van der Waals surface area contributed by atoms with Crippen molar-refractivity contribution in [2.24, 2.45) is 0 Å². The molecule has 0 bridgehead atoms. The van der Waals surface area contributed by atoms with Crippen molar-refractivity contribution in [2.45, 2.75) is 52.4 Å². The standard InChI is InChI=1S/C75H54BN9/c1-74(2,3)44-26-29-46(30-27-44)82-63-32-28-45(75(4,5)6)40-58(63)76-57-23-15-22-54-68-64(33-31-53-49-18-8-7-16-47(49)48-17-9-10-21-52(48)67(53)68)83(70(54)57)66-39-43(38-65(82)69(66)76)71-79-72(84-59-24-13-11-19-50(59)55-41-77-36-34-61(55)84)81-73(80-71)85-60-25-14-12-20-51(60)56-42-78-37-35-62(56)85/h7-42H,1-6H3. The molecule has 10 heteroatoms. The average Bonchev–Trinajstić information content (AvgIpc) is 1.76. The molecule has 18 rings (SSSR count). The van der Waals surface area contributed by atoms with Gasteiger partial charge in [0.1, 0.15) is 0 Å². The predicted octanol–water partition coefficient (Wildman–Crippen LogP) is 16.3. The maximum Gasteiger partial charge on any atom is 0.252 e. The molecule has 9 nitrogen and oxygen atoms in total. The first-order valence-corrected chi connectivity index (χ1v) is 29.4. The highest BCUT2D eigenvalue weighted by molar-refractivity contribution is 7.00. The second-order valence-corrected chi connectivity index (χ2v) is 25.3. The van der Waals surface area contributed by atoms with Crippen LogP contribution < -0.4 is 21.3 Å². The zero-order chi connectivity index (χ0) is 56.8. The largest absolute Gasteiger partial charge is 0.311 e. The monoisotopic (exact) mass is 1090 g/mol. The van der Waals surface area contributed by atoms with Crippen LogP contribution >= 0.6 is 0 Å². The molecule has 0 unspecified atom stereocenters. The first-order valence-electron chi connectivity index (χ1n) is 29.4. The molecule has 0 fully saturated rings. The van der Waals surface area contributed by atoms with E-state index >= 15 is 0 Å². The average molecular weight is 1090 g/mol. The third kappa shape index (κ3) is 6.67. The van der Waals surface area contributed by atoms with Crippen LogP contribution in [0.4, 0.5) is 17.1 Å². The molecular weight excluding hydrogens is 1040 g/mol. The topological polar surface area (TPSA) is 82.5 Å². The van der Waals surface area contributed by atoms with Crippen molar-refractivity contribution in [3.8, 4) is 29.0 Å². The number of rotatable bonds is 4. The number of benzene rings is 10. The number of hydrogen-bond acceptors (Lipinski definition) is 6. The molecule has 402 valence electrons. The van der Waals surface area contributed by atoms with Crippen LogP contribution in [0, 0.1) is 0 Å². The summed E-state index contributed by atoms with van der Waals surface area (Å²) in [5.74, 6) is 1.55. The van der Waals surface area contributed by atoms with Crippen molar-refractivity contribution in [2.75, 3.05) is 4.90 Å². The minimum absolute atomic E-state index is 0.0374.